The number of amides is 1. The number of nitrogens with zero attached hydrogens (tertiary/aromatic N) is 2. The lowest BCUT2D eigenvalue weighted by Crippen LogP contribution is -2.25. The molecule has 1 amide bonds. The minimum atomic E-state index is -0.192. The van der Waals surface area contributed by atoms with E-state index in [0.29, 0.717) is 17.9 Å². The van der Waals surface area contributed by atoms with Crippen LogP contribution >= 0.6 is 11.3 Å². The van der Waals surface area contributed by atoms with Gasteiger partial charge in [-0.15, -0.1) is 0 Å². The highest BCUT2D eigenvalue weighted by molar-refractivity contribution is 7.08. The summed E-state index contributed by atoms with van der Waals surface area (Å²) in [5.41, 5.74) is 3.06. The molecule has 0 radical (unpaired) electrons. The molecule has 0 atom stereocenters. The van der Waals surface area contributed by atoms with Crippen LogP contribution in [0.3, 0.4) is 0 Å². The maximum Gasteiger partial charge on any atom is 0.256 e. The Morgan fingerprint density at radius 3 is 2.79 bits per heavy atom. The molecule has 0 aliphatic carbocycles. The standard InChI is InChI=1S/C22H19N3O2S/c1-2-27-19-8-7-15-5-3-4-6-17(15)20(19)22(26)25-13-18-21(24-11-10-23-18)16-9-12-28-14-16/h3-12,14H,2,13H2,1H3,(H,25,26). The third-order valence-electron chi connectivity index (χ3n) is 4.40. The third kappa shape index (κ3) is 3.59. The summed E-state index contributed by atoms with van der Waals surface area (Å²) in [6.45, 7) is 2.68. The van der Waals surface area contributed by atoms with Crippen LogP contribution in [0.5, 0.6) is 5.75 Å². The van der Waals surface area contributed by atoms with Gasteiger partial charge in [0.1, 0.15) is 5.75 Å². The van der Waals surface area contributed by atoms with E-state index in [4.69, 9.17) is 4.74 Å². The molecular formula is C22H19N3O2S. The van der Waals surface area contributed by atoms with Gasteiger partial charge >= 0.3 is 0 Å². The van der Waals surface area contributed by atoms with Gasteiger partial charge in [-0.25, -0.2) is 0 Å². The zero-order valence-corrected chi connectivity index (χ0v) is 16.2. The van der Waals surface area contributed by atoms with E-state index in [1.54, 1.807) is 23.7 Å². The normalized spacial score (nSPS) is 10.8. The maximum absolute atomic E-state index is 13.1. The first-order valence-electron chi connectivity index (χ1n) is 9.03. The van der Waals surface area contributed by atoms with E-state index in [9.17, 15) is 4.79 Å². The maximum atomic E-state index is 13.1. The molecule has 4 rings (SSSR count). The second kappa shape index (κ2) is 8.19. The van der Waals surface area contributed by atoms with E-state index in [-0.39, 0.29) is 12.5 Å². The predicted molar refractivity (Wildman–Crippen MR) is 112 cm³/mol. The first-order chi connectivity index (χ1) is 13.8. The number of carbonyl (C=O) groups excluding carboxylic acids is 1. The second-order valence-corrected chi connectivity index (χ2v) is 6.92. The average molecular weight is 389 g/mol. The molecule has 1 N–H and O–H groups in total. The van der Waals surface area contributed by atoms with Crippen LogP contribution in [0.2, 0.25) is 0 Å². The van der Waals surface area contributed by atoms with E-state index in [0.717, 1.165) is 27.7 Å². The van der Waals surface area contributed by atoms with Crippen LogP contribution in [0.1, 0.15) is 23.0 Å². The lowest BCUT2D eigenvalue weighted by atomic mass is 10.0. The Morgan fingerprint density at radius 1 is 1.11 bits per heavy atom. The van der Waals surface area contributed by atoms with Crippen LogP contribution in [-0.2, 0) is 6.54 Å². The lowest BCUT2D eigenvalue weighted by molar-refractivity contribution is 0.0948. The van der Waals surface area contributed by atoms with Crippen LogP contribution in [0.4, 0.5) is 0 Å². The Labute approximate surface area is 167 Å². The fraction of sp³-hybridized carbons (Fsp3) is 0.136. The molecule has 6 heteroatoms. The Bertz CT molecular complexity index is 1110. The fourth-order valence-corrected chi connectivity index (χ4v) is 3.79. The van der Waals surface area contributed by atoms with Crippen molar-refractivity contribution in [1.82, 2.24) is 15.3 Å². The van der Waals surface area contributed by atoms with Gasteiger partial charge < -0.3 is 10.1 Å². The summed E-state index contributed by atoms with van der Waals surface area (Å²) in [5, 5.41) is 8.87. The number of thiophene rings is 1. The van der Waals surface area contributed by atoms with Crippen LogP contribution in [-0.4, -0.2) is 22.5 Å². The average Bonchev–Trinajstić information content (AvgIpc) is 3.27. The van der Waals surface area contributed by atoms with Gasteiger partial charge in [-0.1, -0.05) is 30.3 Å². The summed E-state index contributed by atoms with van der Waals surface area (Å²) in [5.74, 6) is 0.387. The molecule has 0 saturated carbocycles. The van der Waals surface area contributed by atoms with Gasteiger partial charge in [-0.2, -0.15) is 11.3 Å². The summed E-state index contributed by atoms with van der Waals surface area (Å²) in [7, 11) is 0. The number of hydrogen-bond acceptors (Lipinski definition) is 5. The SMILES string of the molecule is CCOc1ccc2ccccc2c1C(=O)NCc1nccnc1-c1ccsc1. The van der Waals surface area contributed by atoms with Crippen molar-refractivity contribution in [1.29, 1.82) is 0 Å². The highest BCUT2D eigenvalue weighted by Gasteiger charge is 2.17. The summed E-state index contributed by atoms with van der Waals surface area (Å²) in [6.07, 6.45) is 3.30. The number of hydrogen-bond donors (Lipinski definition) is 1. The number of nitrogens with one attached hydrogen (secondary N) is 1. The molecule has 4 aromatic rings. The molecule has 28 heavy (non-hydrogen) atoms. The Balaban J connectivity index is 1.64. The summed E-state index contributed by atoms with van der Waals surface area (Å²) >= 11 is 1.60. The van der Waals surface area contributed by atoms with Gasteiger partial charge in [0.2, 0.25) is 0 Å². The molecule has 0 spiro atoms. The van der Waals surface area contributed by atoms with Gasteiger partial charge in [-0.05, 0) is 35.2 Å². The third-order valence-corrected chi connectivity index (χ3v) is 5.09. The lowest BCUT2D eigenvalue weighted by Gasteiger charge is -2.14. The minimum Gasteiger partial charge on any atom is -0.493 e. The van der Waals surface area contributed by atoms with Gasteiger partial charge in [0, 0.05) is 23.3 Å². The summed E-state index contributed by atoms with van der Waals surface area (Å²) < 4.78 is 5.71. The van der Waals surface area contributed by atoms with Crippen molar-refractivity contribution < 1.29 is 9.53 Å². The van der Waals surface area contributed by atoms with E-state index < -0.39 is 0 Å². The first-order valence-corrected chi connectivity index (χ1v) is 9.97. The fourth-order valence-electron chi connectivity index (χ4n) is 3.15. The zero-order chi connectivity index (χ0) is 19.3. The zero-order valence-electron chi connectivity index (χ0n) is 15.4. The monoisotopic (exact) mass is 389 g/mol. The molecular weight excluding hydrogens is 370 g/mol. The summed E-state index contributed by atoms with van der Waals surface area (Å²) in [6, 6.07) is 13.6. The molecule has 0 saturated heterocycles. The van der Waals surface area contributed by atoms with Gasteiger partial charge in [0.05, 0.1) is 30.1 Å². The number of benzene rings is 2. The molecule has 0 aliphatic heterocycles. The van der Waals surface area contributed by atoms with Crippen molar-refractivity contribution in [2.75, 3.05) is 6.61 Å². The quantitative estimate of drug-likeness (QED) is 0.520. The Hall–Kier alpha value is -3.25. The highest BCUT2D eigenvalue weighted by Crippen LogP contribution is 2.28. The van der Waals surface area contributed by atoms with Gasteiger partial charge in [0.25, 0.3) is 5.91 Å². The molecule has 5 nitrogen and oxygen atoms in total. The highest BCUT2D eigenvalue weighted by atomic mass is 32.1. The van der Waals surface area contributed by atoms with Crippen molar-refractivity contribution in [3.05, 3.63) is 76.9 Å². The number of fused-ring (bicyclic) bond motifs is 1. The van der Waals surface area contributed by atoms with Crippen LogP contribution in [0.25, 0.3) is 22.0 Å². The number of ether oxygens (including phenoxy) is 1. The second-order valence-electron chi connectivity index (χ2n) is 6.14. The molecule has 2 aromatic carbocycles. The predicted octanol–water partition coefficient (Wildman–Crippen LogP) is 4.69. The minimum absolute atomic E-state index is 0.192. The number of aromatic nitrogens is 2. The Kier molecular flexibility index (Phi) is 5.30. The van der Waals surface area contributed by atoms with Crippen molar-refractivity contribution >= 4 is 28.0 Å². The molecule has 2 heterocycles. The van der Waals surface area contributed by atoms with E-state index in [2.05, 4.69) is 15.3 Å². The number of carbonyl (C=O) groups is 1. The van der Waals surface area contributed by atoms with Gasteiger partial charge in [0.15, 0.2) is 0 Å². The molecule has 0 aliphatic rings. The smallest absolute Gasteiger partial charge is 0.256 e. The molecule has 0 unspecified atom stereocenters. The van der Waals surface area contributed by atoms with Crippen LogP contribution in [0.15, 0.2) is 65.6 Å². The van der Waals surface area contributed by atoms with Crippen molar-refractivity contribution in [2.24, 2.45) is 0 Å². The van der Waals surface area contributed by atoms with E-state index in [1.807, 2.05) is 60.1 Å². The van der Waals surface area contributed by atoms with Crippen molar-refractivity contribution in [3.8, 4) is 17.0 Å². The molecule has 140 valence electrons. The molecule has 2 aromatic heterocycles. The van der Waals surface area contributed by atoms with Crippen LogP contribution < -0.4 is 10.1 Å². The topological polar surface area (TPSA) is 64.1 Å². The number of rotatable bonds is 6. The van der Waals surface area contributed by atoms with E-state index in [1.165, 1.54) is 0 Å². The van der Waals surface area contributed by atoms with Crippen molar-refractivity contribution in [3.63, 3.8) is 0 Å². The van der Waals surface area contributed by atoms with E-state index >= 15 is 0 Å². The Morgan fingerprint density at radius 2 is 1.96 bits per heavy atom. The van der Waals surface area contributed by atoms with Crippen LogP contribution in [0, 0.1) is 0 Å². The summed E-state index contributed by atoms with van der Waals surface area (Å²) in [4.78, 5) is 21.9. The molecule has 0 fully saturated rings. The van der Waals surface area contributed by atoms with Gasteiger partial charge in [-0.3, -0.25) is 14.8 Å². The largest absolute Gasteiger partial charge is 0.493 e. The molecule has 0 bridgehead atoms. The first kappa shape index (κ1) is 18.1. The van der Waals surface area contributed by atoms with Crippen molar-refractivity contribution in [2.45, 2.75) is 13.5 Å².